The van der Waals surface area contributed by atoms with E-state index in [-0.39, 0.29) is 5.92 Å². The molecule has 1 aromatic carbocycles. The van der Waals surface area contributed by atoms with Crippen molar-refractivity contribution >= 4 is 10.9 Å². The van der Waals surface area contributed by atoms with E-state index in [0.29, 0.717) is 24.7 Å². The van der Waals surface area contributed by atoms with Gasteiger partial charge in [0.1, 0.15) is 6.17 Å². The molecule has 1 N–H and O–H groups in total. The Morgan fingerprint density at radius 2 is 2.21 bits per heavy atom. The second-order valence-corrected chi connectivity index (χ2v) is 6.67. The molecule has 4 heterocycles. The Hall–Kier alpha value is -2.21. The lowest BCUT2D eigenvalue weighted by molar-refractivity contribution is 0.197. The fourth-order valence-electron chi connectivity index (χ4n) is 4.11. The van der Waals surface area contributed by atoms with Crippen LogP contribution in [0.5, 0.6) is 0 Å². The van der Waals surface area contributed by atoms with E-state index in [1.807, 2.05) is 6.07 Å². The molecule has 2 aliphatic heterocycles. The molecule has 2 aromatic heterocycles. The number of nitrogens with zero attached hydrogens (tertiary/aromatic N) is 3. The molecule has 0 unspecified atom stereocenters. The number of alkyl halides is 1. The molecule has 3 aromatic rings. The number of hydrogen-bond donors (Lipinski definition) is 1. The van der Waals surface area contributed by atoms with E-state index in [0.717, 1.165) is 36.9 Å². The van der Waals surface area contributed by atoms with Crippen LogP contribution in [0.1, 0.15) is 30.3 Å². The van der Waals surface area contributed by atoms with Crippen molar-refractivity contribution in [1.82, 2.24) is 20.0 Å². The number of halogens is 1. The Morgan fingerprint density at radius 3 is 3.12 bits per heavy atom. The van der Waals surface area contributed by atoms with Crippen molar-refractivity contribution in [3.05, 3.63) is 35.9 Å². The van der Waals surface area contributed by atoms with Crippen LogP contribution in [0.3, 0.4) is 0 Å². The second-order valence-electron chi connectivity index (χ2n) is 6.67. The molecule has 1 saturated heterocycles. The molecule has 1 fully saturated rings. The van der Waals surface area contributed by atoms with E-state index in [9.17, 15) is 4.39 Å². The van der Waals surface area contributed by atoms with Gasteiger partial charge in [0.15, 0.2) is 0 Å². The van der Waals surface area contributed by atoms with Crippen molar-refractivity contribution in [2.45, 2.75) is 37.9 Å². The standard InChI is InChI=1S/C18H19FN4O/c19-13-10-20-8-7-11(13)18-21-17(22-24-18)16-12-4-1-2-5-14(12)23-9-3-6-15(16)23/h1-2,4-5,11,13,20H,3,6-10H2/t11-,13+/m1/s1. The Kier molecular flexibility index (Phi) is 3.19. The number of piperidine rings is 1. The molecule has 24 heavy (non-hydrogen) atoms. The fraction of sp³-hybridized carbons (Fsp3) is 0.444. The summed E-state index contributed by atoms with van der Waals surface area (Å²) in [5.74, 6) is 0.734. The van der Waals surface area contributed by atoms with Gasteiger partial charge in [-0.2, -0.15) is 4.98 Å². The highest BCUT2D eigenvalue weighted by atomic mass is 19.1. The molecule has 5 nitrogen and oxygen atoms in total. The van der Waals surface area contributed by atoms with E-state index >= 15 is 0 Å². The number of benzene rings is 1. The summed E-state index contributed by atoms with van der Waals surface area (Å²) >= 11 is 0. The Balaban J connectivity index is 1.62. The summed E-state index contributed by atoms with van der Waals surface area (Å²) in [4.78, 5) is 4.60. The number of rotatable bonds is 2. The predicted octanol–water partition coefficient (Wildman–Crippen LogP) is 3.05. The zero-order valence-electron chi connectivity index (χ0n) is 13.3. The largest absolute Gasteiger partial charge is 0.344 e. The third kappa shape index (κ3) is 2.02. The topological polar surface area (TPSA) is 55.9 Å². The van der Waals surface area contributed by atoms with Crippen molar-refractivity contribution in [1.29, 1.82) is 0 Å². The SMILES string of the molecule is F[C@H]1CNCC[C@H]1c1nc(-c2c3n(c4ccccc24)CCC3)no1. The van der Waals surface area contributed by atoms with Gasteiger partial charge in [-0.3, -0.25) is 0 Å². The van der Waals surface area contributed by atoms with Crippen LogP contribution < -0.4 is 5.32 Å². The van der Waals surface area contributed by atoms with E-state index in [1.54, 1.807) is 0 Å². The monoisotopic (exact) mass is 326 g/mol. The lowest BCUT2D eigenvalue weighted by Gasteiger charge is -2.23. The molecule has 0 aliphatic carbocycles. The van der Waals surface area contributed by atoms with E-state index in [2.05, 4.69) is 38.2 Å². The van der Waals surface area contributed by atoms with Crippen LogP contribution in [0.2, 0.25) is 0 Å². The smallest absolute Gasteiger partial charge is 0.233 e. The van der Waals surface area contributed by atoms with Gasteiger partial charge in [0.2, 0.25) is 11.7 Å². The minimum Gasteiger partial charge on any atom is -0.344 e. The first-order chi connectivity index (χ1) is 11.8. The molecular weight excluding hydrogens is 307 g/mol. The highest BCUT2D eigenvalue weighted by Crippen LogP contribution is 2.38. The number of nitrogens with one attached hydrogen (secondary N) is 1. The first-order valence-electron chi connectivity index (χ1n) is 8.62. The van der Waals surface area contributed by atoms with Gasteiger partial charge in [-0.25, -0.2) is 4.39 Å². The van der Waals surface area contributed by atoms with Crippen molar-refractivity contribution in [2.75, 3.05) is 13.1 Å². The molecule has 2 aliphatic rings. The summed E-state index contributed by atoms with van der Waals surface area (Å²) < 4.78 is 22.0. The second kappa shape index (κ2) is 5.41. The van der Waals surface area contributed by atoms with Crippen LogP contribution in [0.25, 0.3) is 22.3 Å². The van der Waals surface area contributed by atoms with Gasteiger partial charge in [0.25, 0.3) is 0 Å². The van der Waals surface area contributed by atoms with Gasteiger partial charge in [-0.05, 0) is 31.9 Å². The lowest BCUT2D eigenvalue weighted by Crippen LogP contribution is -2.36. The summed E-state index contributed by atoms with van der Waals surface area (Å²) in [7, 11) is 0. The Bertz CT molecular complexity index is 900. The van der Waals surface area contributed by atoms with Crippen LogP contribution in [0.15, 0.2) is 28.8 Å². The maximum absolute atomic E-state index is 14.2. The first-order valence-corrected chi connectivity index (χ1v) is 8.62. The van der Waals surface area contributed by atoms with Crippen molar-refractivity contribution < 1.29 is 8.91 Å². The summed E-state index contributed by atoms with van der Waals surface area (Å²) in [5, 5.41) is 8.42. The highest BCUT2D eigenvalue weighted by Gasteiger charge is 2.32. The third-order valence-corrected chi connectivity index (χ3v) is 5.26. The zero-order chi connectivity index (χ0) is 16.1. The van der Waals surface area contributed by atoms with Crippen LogP contribution in [-0.4, -0.2) is 34.0 Å². The molecule has 2 atom stereocenters. The quantitative estimate of drug-likeness (QED) is 0.786. The average molecular weight is 326 g/mol. The van der Waals surface area contributed by atoms with Gasteiger partial charge in [0.05, 0.1) is 11.5 Å². The zero-order valence-corrected chi connectivity index (χ0v) is 13.3. The Morgan fingerprint density at radius 1 is 1.29 bits per heavy atom. The van der Waals surface area contributed by atoms with Gasteiger partial charge in [-0.1, -0.05) is 23.4 Å². The van der Waals surface area contributed by atoms with Crippen molar-refractivity contribution in [3.8, 4) is 11.4 Å². The predicted molar refractivity (Wildman–Crippen MR) is 88.7 cm³/mol. The minimum absolute atomic E-state index is 0.297. The molecule has 0 saturated carbocycles. The highest BCUT2D eigenvalue weighted by molar-refractivity contribution is 5.96. The molecule has 0 spiro atoms. The summed E-state index contributed by atoms with van der Waals surface area (Å²) in [5.41, 5.74) is 3.55. The normalized spacial score (nSPS) is 23.7. The number of fused-ring (bicyclic) bond motifs is 3. The van der Waals surface area contributed by atoms with E-state index < -0.39 is 6.17 Å². The number of para-hydroxylation sites is 1. The first kappa shape index (κ1) is 14.2. The van der Waals surface area contributed by atoms with E-state index in [4.69, 9.17) is 4.52 Å². The van der Waals surface area contributed by atoms with E-state index in [1.165, 1.54) is 11.2 Å². The fourth-order valence-corrected chi connectivity index (χ4v) is 4.11. The average Bonchev–Trinajstić information content (AvgIpc) is 3.30. The molecule has 0 radical (unpaired) electrons. The maximum Gasteiger partial charge on any atom is 0.233 e. The summed E-state index contributed by atoms with van der Waals surface area (Å²) in [6, 6.07) is 8.34. The summed E-state index contributed by atoms with van der Waals surface area (Å²) in [6.07, 6.45) is 1.88. The van der Waals surface area contributed by atoms with Crippen molar-refractivity contribution in [3.63, 3.8) is 0 Å². The van der Waals surface area contributed by atoms with Crippen molar-refractivity contribution in [2.24, 2.45) is 0 Å². The molecular formula is C18H19FN4O. The Labute approximate surface area is 138 Å². The maximum atomic E-state index is 14.2. The van der Waals surface area contributed by atoms with Crippen LogP contribution in [-0.2, 0) is 13.0 Å². The molecule has 0 bridgehead atoms. The minimum atomic E-state index is -0.969. The summed E-state index contributed by atoms with van der Waals surface area (Å²) in [6.45, 7) is 2.17. The van der Waals surface area contributed by atoms with Crippen LogP contribution in [0.4, 0.5) is 4.39 Å². The van der Waals surface area contributed by atoms with Gasteiger partial charge in [0, 0.05) is 29.7 Å². The van der Waals surface area contributed by atoms with Gasteiger partial charge < -0.3 is 14.4 Å². The van der Waals surface area contributed by atoms with Gasteiger partial charge >= 0.3 is 0 Å². The third-order valence-electron chi connectivity index (χ3n) is 5.26. The van der Waals surface area contributed by atoms with Crippen LogP contribution >= 0.6 is 0 Å². The van der Waals surface area contributed by atoms with Gasteiger partial charge in [-0.15, -0.1) is 0 Å². The number of hydrogen-bond acceptors (Lipinski definition) is 4. The number of aryl methyl sites for hydroxylation is 1. The number of aromatic nitrogens is 3. The molecule has 0 amide bonds. The molecule has 5 rings (SSSR count). The lowest BCUT2D eigenvalue weighted by atomic mass is 9.96. The molecule has 124 valence electrons. The molecule has 6 heteroatoms. The van der Waals surface area contributed by atoms with Crippen LogP contribution in [0, 0.1) is 0 Å².